The van der Waals surface area contributed by atoms with E-state index >= 15 is 0 Å². The van der Waals surface area contributed by atoms with E-state index in [-0.39, 0.29) is 35.2 Å². The van der Waals surface area contributed by atoms with Gasteiger partial charge in [-0.1, -0.05) is 45.5 Å². The molecule has 4 aromatic rings. The van der Waals surface area contributed by atoms with Crippen LogP contribution in [0.15, 0.2) is 82.6 Å². The number of hydrogen-bond acceptors (Lipinski definition) is 6. The van der Waals surface area contributed by atoms with E-state index in [4.69, 9.17) is 11.2 Å². The fourth-order valence-electron chi connectivity index (χ4n) is 5.61. The summed E-state index contributed by atoms with van der Waals surface area (Å²) in [5, 5.41) is 0. The number of carbonyl (C=O) groups excluding carboxylic acids is 2. The molecule has 6 rings (SSSR count). The molecule has 2 aliphatic rings. The second kappa shape index (κ2) is 19.0. The minimum atomic E-state index is -0.654. The van der Waals surface area contributed by atoms with Gasteiger partial charge in [0.15, 0.2) is 0 Å². The minimum absolute atomic E-state index is 0.0118. The zero-order chi connectivity index (χ0) is 38.8. The summed E-state index contributed by atoms with van der Waals surface area (Å²) < 4.78 is 37.5. The first-order chi connectivity index (χ1) is 25.2. The molecule has 0 radical (unpaired) electrons. The summed E-state index contributed by atoms with van der Waals surface area (Å²) in [5.41, 5.74) is 5.54. The standard InChI is InChI=1S/C22H21FO2S.C13H14S.C9H8FIO2/c1-4-25-21(24)17-9-7-16(14-19(17)23)6-5-15-8-10-20-18(13-15)22(2,3)11-12-26-20;1-4-10-5-6-12-11(9-10)13(2,3)7-8-14-12;1-2-13-9(12)7-4-3-6(11)5-8(7)10/h7-10,13-14H,4,11-12H2,1-3H3;1,5-6,9H,7-8H2,2-3H3;3-5H,2H2,1H3. The number of halogens is 3. The van der Waals surface area contributed by atoms with Crippen molar-refractivity contribution in [3.63, 3.8) is 0 Å². The first-order valence-corrected chi connectivity index (χ1v) is 20.4. The van der Waals surface area contributed by atoms with Crippen LogP contribution in [0.2, 0.25) is 0 Å². The minimum Gasteiger partial charge on any atom is -0.462 e. The second-order valence-corrected chi connectivity index (χ2v) is 17.1. The Labute approximate surface area is 334 Å². The van der Waals surface area contributed by atoms with Crippen LogP contribution in [0, 0.1) is 39.4 Å². The van der Waals surface area contributed by atoms with Crippen molar-refractivity contribution in [1.82, 2.24) is 0 Å². The molecule has 0 spiro atoms. The number of fused-ring (bicyclic) bond motifs is 2. The Bertz CT molecular complexity index is 2070. The second-order valence-electron chi connectivity index (χ2n) is 13.5. The highest BCUT2D eigenvalue weighted by Crippen LogP contribution is 2.42. The van der Waals surface area contributed by atoms with Crippen molar-refractivity contribution in [1.29, 1.82) is 0 Å². The number of ether oxygens (including phenoxy) is 2. The average molecular weight is 865 g/mol. The maximum absolute atomic E-state index is 14.1. The van der Waals surface area contributed by atoms with E-state index in [0.717, 1.165) is 26.9 Å². The van der Waals surface area contributed by atoms with Crippen LogP contribution >= 0.6 is 46.1 Å². The predicted octanol–water partition coefficient (Wildman–Crippen LogP) is 11.2. The lowest BCUT2D eigenvalue weighted by atomic mass is 9.81. The molecule has 0 amide bonds. The molecule has 276 valence electrons. The average Bonchev–Trinajstić information content (AvgIpc) is 3.11. The Kier molecular flexibility index (Phi) is 15.1. The van der Waals surface area contributed by atoms with E-state index in [1.807, 2.05) is 58.2 Å². The molecule has 4 aromatic carbocycles. The number of esters is 2. The number of terminal acetylenes is 1. The van der Waals surface area contributed by atoms with Crippen molar-refractivity contribution in [2.45, 2.75) is 75.0 Å². The number of benzene rings is 4. The van der Waals surface area contributed by atoms with Crippen molar-refractivity contribution in [2.24, 2.45) is 0 Å². The lowest BCUT2D eigenvalue weighted by Gasteiger charge is -2.32. The van der Waals surface area contributed by atoms with E-state index in [0.29, 0.717) is 5.56 Å². The molecule has 0 aromatic heterocycles. The largest absolute Gasteiger partial charge is 0.462 e. The highest BCUT2D eigenvalue weighted by molar-refractivity contribution is 14.1. The monoisotopic (exact) mass is 864 g/mol. The molecular formula is C44H43F2IO4S2. The molecule has 2 aliphatic heterocycles. The Morgan fingerprint density at radius 1 is 0.698 bits per heavy atom. The van der Waals surface area contributed by atoms with Crippen molar-refractivity contribution in [3.8, 4) is 24.2 Å². The first kappa shape index (κ1) is 42.0. The van der Waals surface area contributed by atoms with Crippen molar-refractivity contribution in [3.05, 3.63) is 127 Å². The van der Waals surface area contributed by atoms with Gasteiger partial charge in [0.2, 0.25) is 0 Å². The van der Waals surface area contributed by atoms with Crippen LogP contribution < -0.4 is 0 Å². The molecule has 0 unspecified atom stereocenters. The van der Waals surface area contributed by atoms with Crippen LogP contribution in [0.3, 0.4) is 0 Å². The van der Waals surface area contributed by atoms with Gasteiger partial charge < -0.3 is 9.47 Å². The van der Waals surface area contributed by atoms with Gasteiger partial charge in [0.25, 0.3) is 0 Å². The highest BCUT2D eigenvalue weighted by Gasteiger charge is 2.28. The summed E-state index contributed by atoms with van der Waals surface area (Å²) >= 11 is 5.80. The fraction of sp³-hybridized carbons (Fsp3) is 0.318. The van der Waals surface area contributed by atoms with Crippen LogP contribution in [-0.4, -0.2) is 36.7 Å². The van der Waals surface area contributed by atoms with E-state index in [1.165, 1.54) is 57.4 Å². The van der Waals surface area contributed by atoms with Crippen molar-refractivity contribution >= 4 is 58.1 Å². The summed E-state index contributed by atoms with van der Waals surface area (Å²) in [5.74, 6) is 8.73. The third-order valence-electron chi connectivity index (χ3n) is 8.80. The van der Waals surface area contributed by atoms with E-state index in [1.54, 1.807) is 26.0 Å². The van der Waals surface area contributed by atoms with Crippen LogP contribution in [0.25, 0.3) is 0 Å². The Hall–Kier alpha value is -3.77. The third-order valence-corrected chi connectivity index (χ3v) is 11.6. The molecule has 0 saturated heterocycles. The number of thioether (sulfide) groups is 2. The maximum Gasteiger partial charge on any atom is 0.341 e. The zero-order valence-electron chi connectivity index (χ0n) is 30.8. The normalized spacial score (nSPS) is 14.5. The molecule has 0 N–H and O–H groups in total. The summed E-state index contributed by atoms with van der Waals surface area (Å²) in [7, 11) is 0. The molecule has 0 aliphatic carbocycles. The number of rotatable bonds is 4. The molecule has 9 heteroatoms. The SMILES string of the molecule is C#Cc1ccc2c(c1)C(C)(C)CCS2.CCOC(=O)c1ccc(C#Cc2ccc3c(c2)C(C)(C)CCS3)cc1F.CCOC(=O)c1ccc(I)cc1F. The Balaban J connectivity index is 0.000000196. The molecule has 0 fully saturated rings. The third kappa shape index (κ3) is 11.4. The van der Waals surface area contributed by atoms with E-state index < -0.39 is 23.6 Å². The van der Waals surface area contributed by atoms with E-state index in [2.05, 4.69) is 74.5 Å². The fourth-order valence-corrected chi connectivity index (χ4v) is 9.04. The lowest BCUT2D eigenvalue weighted by Crippen LogP contribution is -2.22. The van der Waals surface area contributed by atoms with Gasteiger partial charge in [-0.05, 0) is 156 Å². The Morgan fingerprint density at radius 3 is 1.60 bits per heavy atom. The molecule has 53 heavy (non-hydrogen) atoms. The van der Waals surface area contributed by atoms with Crippen molar-refractivity contribution in [2.75, 3.05) is 24.7 Å². The predicted molar refractivity (Wildman–Crippen MR) is 221 cm³/mol. The van der Waals surface area contributed by atoms with Gasteiger partial charge in [-0.3, -0.25) is 0 Å². The Morgan fingerprint density at radius 2 is 1.13 bits per heavy atom. The van der Waals surface area contributed by atoms with Crippen LogP contribution in [0.1, 0.15) is 103 Å². The molecule has 4 nitrogen and oxygen atoms in total. The van der Waals surface area contributed by atoms with Crippen LogP contribution in [0.4, 0.5) is 8.78 Å². The lowest BCUT2D eigenvalue weighted by molar-refractivity contribution is 0.0511. The summed E-state index contributed by atoms with van der Waals surface area (Å²) in [6, 6.07) is 21.3. The van der Waals surface area contributed by atoms with Gasteiger partial charge in [-0.15, -0.1) is 29.9 Å². The van der Waals surface area contributed by atoms with Gasteiger partial charge in [0.1, 0.15) is 11.6 Å². The van der Waals surface area contributed by atoms with Crippen molar-refractivity contribution < 1.29 is 27.8 Å². The van der Waals surface area contributed by atoms with Crippen LogP contribution in [-0.2, 0) is 20.3 Å². The van der Waals surface area contributed by atoms with Gasteiger partial charge in [-0.25, -0.2) is 18.4 Å². The molecule has 0 saturated carbocycles. The number of hydrogen-bond donors (Lipinski definition) is 0. The van der Waals surface area contributed by atoms with Gasteiger partial charge >= 0.3 is 11.9 Å². The summed E-state index contributed by atoms with van der Waals surface area (Å²) in [4.78, 5) is 25.5. The first-order valence-electron chi connectivity index (χ1n) is 17.3. The zero-order valence-corrected chi connectivity index (χ0v) is 34.6. The van der Waals surface area contributed by atoms with Gasteiger partial charge in [0.05, 0.1) is 24.3 Å². The van der Waals surface area contributed by atoms with Crippen LogP contribution in [0.5, 0.6) is 0 Å². The van der Waals surface area contributed by atoms with Gasteiger partial charge in [0, 0.05) is 30.1 Å². The molecule has 0 atom stereocenters. The molecular weight excluding hydrogens is 822 g/mol. The maximum atomic E-state index is 14.1. The summed E-state index contributed by atoms with van der Waals surface area (Å²) in [6.45, 7) is 12.9. The molecule has 0 bridgehead atoms. The quantitative estimate of drug-likeness (QED) is 0.116. The number of carbonyl (C=O) groups is 2. The van der Waals surface area contributed by atoms with E-state index in [9.17, 15) is 18.4 Å². The molecule has 2 heterocycles. The highest BCUT2D eigenvalue weighted by atomic mass is 127. The topological polar surface area (TPSA) is 52.6 Å². The smallest absolute Gasteiger partial charge is 0.341 e. The summed E-state index contributed by atoms with van der Waals surface area (Å²) in [6.07, 6.45) is 7.79. The van der Waals surface area contributed by atoms with Gasteiger partial charge in [-0.2, -0.15) is 0 Å².